The van der Waals surface area contributed by atoms with Crippen molar-refractivity contribution in [1.29, 1.82) is 0 Å². The fourth-order valence-electron chi connectivity index (χ4n) is 3.79. The van der Waals surface area contributed by atoms with Crippen LogP contribution in [-0.2, 0) is 6.54 Å². The molecule has 0 saturated carbocycles. The molecule has 33 heavy (non-hydrogen) atoms. The van der Waals surface area contributed by atoms with E-state index < -0.39 is 0 Å². The van der Waals surface area contributed by atoms with Crippen LogP contribution in [0.15, 0.2) is 60.7 Å². The molecule has 0 radical (unpaired) electrons. The zero-order valence-electron chi connectivity index (χ0n) is 17.4. The maximum absolute atomic E-state index is 14.2. The molecule has 2 aromatic heterocycles. The van der Waals surface area contributed by atoms with Crippen molar-refractivity contribution in [2.24, 2.45) is 0 Å². The molecular formula is C23H18ClFN6OS. The number of rotatable bonds is 6. The summed E-state index contributed by atoms with van der Waals surface area (Å²) in [5.74, 6) is 0.868. The second-order valence-electron chi connectivity index (χ2n) is 7.42. The van der Waals surface area contributed by atoms with Crippen molar-refractivity contribution in [2.45, 2.75) is 11.8 Å². The molecule has 1 unspecified atom stereocenters. The summed E-state index contributed by atoms with van der Waals surface area (Å²) in [6.07, 6.45) is 0. The number of thiol groups is 1. The number of tetrazole rings is 1. The van der Waals surface area contributed by atoms with Gasteiger partial charge in [-0.05, 0) is 47.2 Å². The smallest absolute Gasteiger partial charge is 0.204 e. The summed E-state index contributed by atoms with van der Waals surface area (Å²) in [6.45, 7) is 0.406. The Morgan fingerprint density at radius 3 is 2.67 bits per heavy atom. The Bertz CT molecular complexity index is 1420. The zero-order valence-corrected chi connectivity index (χ0v) is 19.1. The van der Waals surface area contributed by atoms with Crippen molar-refractivity contribution in [2.75, 3.05) is 7.11 Å². The molecule has 0 bridgehead atoms. The Morgan fingerprint density at radius 2 is 1.94 bits per heavy atom. The Kier molecular flexibility index (Phi) is 5.74. The van der Waals surface area contributed by atoms with E-state index in [0.29, 0.717) is 34.2 Å². The van der Waals surface area contributed by atoms with Crippen molar-refractivity contribution in [3.8, 4) is 17.1 Å². The van der Waals surface area contributed by atoms with Crippen LogP contribution >= 0.6 is 24.2 Å². The quantitative estimate of drug-likeness (QED) is 0.331. The highest BCUT2D eigenvalue weighted by atomic mass is 35.5. The lowest BCUT2D eigenvalue weighted by atomic mass is 10.0. The van der Waals surface area contributed by atoms with Gasteiger partial charge in [0.2, 0.25) is 5.82 Å². The normalized spacial score (nSPS) is 12.2. The van der Waals surface area contributed by atoms with Crippen LogP contribution in [0.1, 0.15) is 22.1 Å². The van der Waals surface area contributed by atoms with E-state index in [1.54, 1.807) is 19.2 Å². The predicted molar refractivity (Wildman–Crippen MR) is 127 cm³/mol. The van der Waals surface area contributed by atoms with E-state index in [-0.39, 0.29) is 11.1 Å². The van der Waals surface area contributed by atoms with Crippen LogP contribution in [0.2, 0.25) is 5.02 Å². The number of methoxy groups -OCH3 is 1. The lowest BCUT2D eigenvalue weighted by molar-refractivity contribution is 0.407. The fraction of sp³-hybridized carbons (Fsp3) is 0.130. The minimum absolute atomic E-state index is 0.336. The van der Waals surface area contributed by atoms with Gasteiger partial charge in [0.25, 0.3) is 0 Å². The fourth-order valence-corrected chi connectivity index (χ4v) is 4.34. The van der Waals surface area contributed by atoms with Gasteiger partial charge in [0, 0.05) is 21.5 Å². The van der Waals surface area contributed by atoms with Crippen LogP contribution in [0, 0.1) is 5.82 Å². The van der Waals surface area contributed by atoms with Crippen molar-refractivity contribution < 1.29 is 9.13 Å². The van der Waals surface area contributed by atoms with Gasteiger partial charge >= 0.3 is 0 Å². The number of H-pyrrole nitrogens is 1. The number of nitrogens with zero attached hydrogens (tertiary/aromatic N) is 5. The van der Waals surface area contributed by atoms with E-state index in [0.717, 1.165) is 22.2 Å². The number of hydrogen-bond acceptors (Lipinski definition) is 6. The minimum atomic E-state index is -0.379. The van der Waals surface area contributed by atoms with E-state index >= 15 is 0 Å². The van der Waals surface area contributed by atoms with Crippen molar-refractivity contribution in [3.63, 3.8) is 0 Å². The van der Waals surface area contributed by atoms with Gasteiger partial charge in [0.15, 0.2) is 0 Å². The Morgan fingerprint density at radius 1 is 1.12 bits per heavy atom. The third-order valence-corrected chi connectivity index (χ3v) is 6.17. The van der Waals surface area contributed by atoms with Gasteiger partial charge in [-0.3, -0.25) is 4.68 Å². The number of aromatic amines is 1. The number of fused-ring (bicyclic) bond motifs is 1. The molecule has 1 N–H and O–H groups in total. The molecule has 2 heterocycles. The number of aromatic nitrogens is 6. The Labute approximate surface area is 198 Å². The van der Waals surface area contributed by atoms with Crippen molar-refractivity contribution in [3.05, 3.63) is 88.3 Å². The van der Waals surface area contributed by atoms with Crippen molar-refractivity contribution >= 4 is 35.1 Å². The van der Waals surface area contributed by atoms with Gasteiger partial charge in [0.05, 0.1) is 30.1 Å². The van der Waals surface area contributed by atoms with Crippen LogP contribution < -0.4 is 4.74 Å². The summed E-state index contributed by atoms with van der Waals surface area (Å²) in [5, 5.41) is 19.7. The first-order valence-corrected chi connectivity index (χ1v) is 10.9. The molecule has 10 heteroatoms. The summed E-state index contributed by atoms with van der Waals surface area (Å²) in [7, 11) is 1.61. The van der Waals surface area contributed by atoms with Gasteiger partial charge < -0.3 is 4.74 Å². The maximum Gasteiger partial charge on any atom is 0.204 e. The first-order valence-electron chi connectivity index (χ1n) is 10.0. The van der Waals surface area contributed by atoms with E-state index in [1.807, 2.05) is 41.1 Å². The van der Waals surface area contributed by atoms with Gasteiger partial charge in [-0.1, -0.05) is 35.9 Å². The number of nitrogens with one attached hydrogen (secondary N) is 1. The number of benzene rings is 3. The van der Waals surface area contributed by atoms with Crippen LogP contribution in [0.4, 0.5) is 4.39 Å². The highest BCUT2D eigenvalue weighted by molar-refractivity contribution is 7.80. The highest BCUT2D eigenvalue weighted by Crippen LogP contribution is 2.35. The standard InChI is InChI=1S/C23H18ClFN6OS/c1-32-20-9-6-16(24)10-15(20)12-31-19-8-7-17(25)11-18(19)21(28-31)22(33)13-2-4-14(5-3-13)23-26-29-30-27-23/h2-11,22,33H,12H2,1H3,(H,26,27,29,30). The lowest BCUT2D eigenvalue weighted by Crippen LogP contribution is -2.05. The minimum Gasteiger partial charge on any atom is -0.496 e. The SMILES string of the molecule is COc1ccc(Cl)cc1Cn1nc(C(S)c2ccc(-c3nn[nH]n3)cc2)c2cc(F)ccc21. The molecule has 7 nitrogen and oxygen atoms in total. The topological polar surface area (TPSA) is 81.5 Å². The van der Waals surface area contributed by atoms with Crippen molar-refractivity contribution in [1.82, 2.24) is 30.4 Å². The zero-order chi connectivity index (χ0) is 22.9. The summed E-state index contributed by atoms with van der Waals surface area (Å²) < 4.78 is 21.5. The summed E-state index contributed by atoms with van der Waals surface area (Å²) in [4.78, 5) is 0. The molecule has 5 aromatic rings. The first kappa shape index (κ1) is 21.4. The van der Waals surface area contributed by atoms with E-state index in [4.69, 9.17) is 34.1 Å². The second-order valence-corrected chi connectivity index (χ2v) is 8.37. The Balaban J connectivity index is 1.55. The largest absolute Gasteiger partial charge is 0.496 e. The summed E-state index contributed by atoms with van der Waals surface area (Å²) in [5.41, 5.74) is 4.03. The monoisotopic (exact) mass is 480 g/mol. The number of ether oxygens (including phenoxy) is 1. The highest BCUT2D eigenvalue weighted by Gasteiger charge is 2.20. The van der Waals surface area contributed by atoms with Crippen LogP contribution in [0.3, 0.4) is 0 Å². The van der Waals surface area contributed by atoms with E-state index in [1.165, 1.54) is 12.1 Å². The van der Waals surface area contributed by atoms with Gasteiger partial charge in [-0.25, -0.2) is 4.39 Å². The molecule has 3 aromatic carbocycles. The van der Waals surface area contributed by atoms with Crippen LogP contribution in [0.25, 0.3) is 22.3 Å². The molecule has 1 atom stereocenters. The first-order chi connectivity index (χ1) is 16.0. The van der Waals surface area contributed by atoms with E-state index in [9.17, 15) is 4.39 Å². The predicted octanol–water partition coefficient (Wildman–Crippen LogP) is 5.09. The van der Waals surface area contributed by atoms with Crippen LogP contribution in [0.5, 0.6) is 5.75 Å². The van der Waals surface area contributed by atoms with Gasteiger partial charge in [-0.15, -0.1) is 10.2 Å². The molecule has 0 aliphatic rings. The molecule has 0 fully saturated rings. The average Bonchev–Trinajstić information content (AvgIpc) is 3.48. The van der Waals surface area contributed by atoms with Gasteiger partial charge in [-0.2, -0.15) is 22.9 Å². The maximum atomic E-state index is 14.2. The van der Waals surface area contributed by atoms with Crippen LogP contribution in [-0.4, -0.2) is 37.5 Å². The average molecular weight is 481 g/mol. The Hall–Kier alpha value is -3.43. The summed E-state index contributed by atoms with van der Waals surface area (Å²) in [6, 6.07) is 17.7. The lowest BCUT2D eigenvalue weighted by Gasteiger charge is -2.11. The second kappa shape index (κ2) is 8.84. The molecule has 0 spiro atoms. The molecule has 0 aliphatic carbocycles. The summed E-state index contributed by atoms with van der Waals surface area (Å²) >= 11 is 11.0. The third-order valence-electron chi connectivity index (χ3n) is 5.39. The molecule has 0 aliphatic heterocycles. The number of halogens is 2. The molecule has 166 valence electrons. The molecule has 5 rings (SSSR count). The van der Waals surface area contributed by atoms with Gasteiger partial charge in [0.1, 0.15) is 11.6 Å². The molecule has 0 saturated heterocycles. The molecular weight excluding hydrogens is 463 g/mol. The molecule has 0 amide bonds. The van der Waals surface area contributed by atoms with E-state index in [2.05, 4.69) is 20.6 Å². The number of hydrogen-bond donors (Lipinski definition) is 2. The third kappa shape index (κ3) is 4.17.